The molecule has 0 bridgehead atoms. The van der Waals surface area contributed by atoms with E-state index >= 15 is 0 Å². The molecule has 24 heavy (non-hydrogen) atoms. The molecule has 2 N–H and O–H groups in total. The second kappa shape index (κ2) is 7.85. The number of hydrogen-bond acceptors (Lipinski definition) is 4. The van der Waals surface area contributed by atoms with Gasteiger partial charge in [-0.25, -0.2) is 0 Å². The van der Waals surface area contributed by atoms with E-state index in [-0.39, 0.29) is 18.3 Å². The molecule has 0 heterocycles. The number of benzene rings is 1. The highest BCUT2D eigenvalue weighted by Gasteiger charge is 2.33. The predicted octanol–water partition coefficient (Wildman–Crippen LogP) is 2.61. The van der Waals surface area contributed by atoms with Crippen LogP contribution in [0, 0.1) is 0 Å². The van der Waals surface area contributed by atoms with E-state index in [0.717, 1.165) is 18.4 Å². The summed E-state index contributed by atoms with van der Waals surface area (Å²) in [4.78, 5) is 12.7. The molecular formula is C16H21F3N2O3. The highest BCUT2D eigenvalue weighted by Crippen LogP contribution is 2.26. The summed E-state index contributed by atoms with van der Waals surface area (Å²) in [5.74, 6) is -1.06. The summed E-state index contributed by atoms with van der Waals surface area (Å²) in [5, 5.41) is 12.2. The molecule has 0 aliphatic heterocycles. The minimum Gasteiger partial charge on any atom is -0.480 e. The van der Waals surface area contributed by atoms with Gasteiger partial charge in [0.1, 0.15) is 5.75 Å². The highest BCUT2D eigenvalue weighted by molar-refractivity contribution is 5.69. The van der Waals surface area contributed by atoms with E-state index in [1.54, 1.807) is 12.1 Å². The number of carboxylic acid groups (broad SMARTS) is 1. The van der Waals surface area contributed by atoms with Gasteiger partial charge in [0.05, 0.1) is 6.54 Å². The molecule has 8 heteroatoms. The first-order valence-electron chi connectivity index (χ1n) is 7.80. The fourth-order valence-corrected chi connectivity index (χ4v) is 2.80. The van der Waals surface area contributed by atoms with Crippen molar-refractivity contribution < 1.29 is 27.8 Å². The normalized spacial score (nSPS) is 20.7. The summed E-state index contributed by atoms with van der Waals surface area (Å²) in [6, 6.07) is 6.33. The number of nitrogens with one attached hydrogen (secondary N) is 1. The minimum atomic E-state index is -4.68. The van der Waals surface area contributed by atoms with Gasteiger partial charge in [-0.1, -0.05) is 19.1 Å². The van der Waals surface area contributed by atoms with Gasteiger partial charge in [0.25, 0.3) is 0 Å². The Labute approximate surface area is 138 Å². The van der Waals surface area contributed by atoms with Crippen LogP contribution in [-0.2, 0) is 11.3 Å². The van der Waals surface area contributed by atoms with Gasteiger partial charge < -0.3 is 15.2 Å². The summed E-state index contributed by atoms with van der Waals surface area (Å²) in [7, 11) is 0. The van der Waals surface area contributed by atoms with Gasteiger partial charge in [-0.05, 0) is 37.1 Å². The Hall–Kier alpha value is -1.80. The molecule has 1 aliphatic rings. The van der Waals surface area contributed by atoms with Crippen LogP contribution >= 0.6 is 0 Å². The van der Waals surface area contributed by atoms with Crippen LogP contribution in [0.25, 0.3) is 0 Å². The second-order valence-electron chi connectivity index (χ2n) is 5.85. The lowest BCUT2D eigenvalue weighted by atomic mass is 9.85. The molecule has 1 aromatic carbocycles. The third kappa shape index (κ3) is 5.68. The fraction of sp³-hybridized carbons (Fsp3) is 0.562. The van der Waals surface area contributed by atoms with Gasteiger partial charge in [-0.15, -0.1) is 13.2 Å². The van der Waals surface area contributed by atoms with Gasteiger partial charge in [0, 0.05) is 18.6 Å². The molecule has 0 radical (unpaired) electrons. The van der Waals surface area contributed by atoms with Crippen LogP contribution in [0.5, 0.6) is 5.75 Å². The molecular weight excluding hydrogens is 325 g/mol. The summed E-state index contributed by atoms with van der Waals surface area (Å²) >= 11 is 0. The van der Waals surface area contributed by atoms with Crippen molar-refractivity contribution in [2.75, 3.05) is 13.1 Å². The number of halogens is 3. The number of ether oxygens (including phenoxy) is 1. The highest BCUT2D eigenvalue weighted by atomic mass is 19.4. The van der Waals surface area contributed by atoms with Crippen molar-refractivity contribution in [1.82, 2.24) is 10.2 Å². The van der Waals surface area contributed by atoms with E-state index < -0.39 is 12.3 Å². The van der Waals surface area contributed by atoms with Crippen LogP contribution in [0.4, 0.5) is 13.2 Å². The quantitative estimate of drug-likeness (QED) is 0.758. The van der Waals surface area contributed by atoms with E-state index in [0.29, 0.717) is 19.1 Å². The number of rotatable bonds is 8. The zero-order valence-corrected chi connectivity index (χ0v) is 13.3. The van der Waals surface area contributed by atoms with Crippen molar-refractivity contribution >= 4 is 5.97 Å². The summed E-state index contributed by atoms with van der Waals surface area (Å²) in [5.41, 5.74) is 0.867. The van der Waals surface area contributed by atoms with Crippen molar-refractivity contribution in [1.29, 1.82) is 0 Å². The molecule has 134 valence electrons. The molecule has 5 nitrogen and oxygen atoms in total. The molecule has 1 aliphatic carbocycles. The van der Waals surface area contributed by atoms with Gasteiger partial charge >= 0.3 is 12.3 Å². The Bertz CT molecular complexity index is 542. The first-order chi connectivity index (χ1) is 11.3. The summed E-state index contributed by atoms with van der Waals surface area (Å²) < 4.78 is 40.1. The zero-order chi connectivity index (χ0) is 17.7. The van der Waals surface area contributed by atoms with E-state index in [2.05, 4.69) is 10.1 Å². The Morgan fingerprint density at radius 1 is 1.33 bits per heavy atom. The topological polar surface area (TPSA) is 61.8 Å². The molecule has 0 unspecified atom stereocenters. The SMILES string of the molecule is CCN(CC(=O)O)C1CC(NCc2ccc(OC(F)(F)F)cc2)C1. The Kier molecular flexibility index (Phi) is 6.06. The zero-order valence-electron chi connectivity index (χ0n) is 13.3. The Morgan fingerprint density at radius 2 is 1.96 bits per heavy atom. The lowest BCUT2D eigenvalue weighted by Gasteiger charge is -2.42. The minimum absolute atomic E-state index is 0.0502. The van der Waals surface area contributed by atoms with Crippen LogP contribution in [0.2, 0.25) is 0 Å². The van der Waals surface area contributed by atoms with E-state index in [9.17, 15) is 18.0 Å². The van der Waals surface area contributed by atoms with Crippen molar-refractivity contribution in [2.24, 2.45) is 0 Å². The van der Waals surface area contributed by atoms with Gasteiger partial charge in [0.15, 0.2) is 0 Å². The number of carbonyl (C=O) groups is 1. The maximum atomic E-state index is 12.1. The average Bonchev–Trinajstić information content (AvgIpc) is 2.44. The number of alkyl halides is 3. The Morgan fingerprint density at radius 3 is 2.46 bits per heavy atom. The molecule has 1 fully saturated rings. The molecule has 0 atom stereocenters. The standard InChI is InChI=1S/C16H21F3N2O3/c1-2-21(10-15(22)23)13-7-12(8-13)20-9-11-3-5-14(6-4-11)24-16(17,18)19/h3-6,12-13,20H,2,7-10H2,1H3,(H,22,23). The summed E-state index contributed by atoms with van der Waals surface area (Å²) in [6.45, 7) is 3.24. The maximum Gasteiger partial charge on any atom is 0.573 e. The predicted molar refractivity (Wildman–Crippen MR) is 81.7 cm³/mol. The number of carboxylic acids is 1. The third-order valence-corrected chi connectivity index (χ3v) is 4.13. The largest absolute Gasteiger partial charge is 0.573 e. The van der Waals surface area contributed by atoms with Crippen LogP contribution in [0.15, 0.2) is 24.3 Å². The van der Waals surface area contributed by atoms with E-state index in [4.69, 9.17) is 5.11 Å². The first-order valence-corrected chi connectivity index (χ1v) is 7.80. The van der Waals surface area contributed by atoms with Crippen molar-refractivity contribution in [3.05, 3.63) is 29.8 Å². The number of likely N-dealkylation sites (N-methyl/N-ethyl adjacent to an activating group) is 1. The van der Waals surface area contributed by atoms with Gasteiger partial charge in [0.2, 0.25) is 0 Å². The molecule has 0 spiro atoms. The van der Waals surface area contributed by atoms with Crippen LogP contribution in [0.3, 0.4) is 0 Å². The summed E-state index contributed by atoms with van der Waals surface area (Å²) in [6.07, 6.45) is -2.94. The molecule has 0 saturated heterocycles. The lowest BCUT2D eigenvalue weighted by molar-refractivity contribution is -0.274. The molecule has 2 rings (SSSR count). The monoisotopic (exact) mass is 346 g/mol. The van der Waals surface area contributed by atoms with Crippen molar-refractivity contribution in [2.45, 2.75) is 44.8 Å². The lowest BCUT2D eigenvalue weighted by Crippen LogP contribution is -2.53. The van der Waals surface area contributed by atoms with E-state index in [1.165, 1.54) is 12.1 Å². The average molecular weight is 346 g/mol. The maximum absolute atomic E-state index is 12.1. The van der Waals surface area contributed by atoms with Crippen LogP contribution < -0.4 is 10.1 Å². The van der Waals surface area contributed by atoms with Crippen molar-refractivity contribution in [3.63, 3.8) is 0 Å². The van der Waals surface area contributed by atoms with Crippen LogP contribution in [0.1, 0.15) is 25.3 Å². The fourth-order valence-electron chi connectivity index (χ4n) is 2.80. The van der Waals surface area contributed by atoms with E-state index in [1.807, 2.05) is 11.8 Å². The second-order valence-corrected chi connectivity index (χ2v) is 5.85. The first kappa shape index (κ1) is 18.5. The number of aliphatic carboxylic acids is 1. The van der Waals surface area contributed by atoms with Gasteiger partial charge in [-0.2, -0.15) is 0 Å². The molecule has 0 aromatic heterocycles. The molecule has 1 saturated carbocycles. The van der Waals surface area contributed by atoms with Crippen LogP contribution in [-0.4, -0.2) is 47.5 Å². The Balaban J connectivity index is 1.72. The molecule has 0 amide bonds. The third-order valence-electron chi connectivity index (χ3n) is 4.13. The van der Waals surface area contributed by atoms with Crippen molar-refractivity contribution in [3.8, 4) is 5.75 Å². The number of nitrogens with zero attached hydrogens (tertiary/aromatic N) is 1. The van der Waals surface area contributed by atoms with Gasteiger partial charge in [-0.3, -0.25) is 9.69 Å². The number of hydrogen-bond donors (Lipinski definition) is 2. The smallest absolute Gasteiger partial charge is 0.480 e. The molecule has 1 aromatic rings.